The number of thiazole rings is 1. The van der Waals surface area contributed by atoms with Crippen molar-refractivity contribution in [3.63, 3.8) is 0 Å². The number of pyridine rings is 1. The number of allylic oxidation sites excluding steroid dienone is 1. The van der Waals surface area contributed by atoms with Gasteiger partial charge >= 0.3 is 0 Å². The number of fused-ring (bicyclic) bond motifs is 2. The number of rotatable bonds is 3. The largest absolute Gasteiger partial charge is 0.312 e. The maximum Gasteiger partial charge on any atom is 0.298 e. The van der Waals surface area contributed by atoms with Crippen molar-refractivity contribution in [2.45, 2.75) is 27.3 Å². The minimum absolute atomic E-state index is 0.288. The summed E-state index contributed by atoms with van der Waals surface area (Å²) in [5.74, 6) is -0.288. The SMILES string of the molecule is C=CCn1c(=NC(=O)c2c(C)nc3ccccn23)sc2cc(C)c(C)cc21. The Morgan fingerprint density at radius 1 is 1.26 bits per heavy atom. The molecule has 136 valence electrons. The molecule has 0 radical (unpaired) electrons. The van der Waals surface area contributed by atoms with E-state index in [-0.39, 0.29) is 5.91 Å². The van der Waals surface area contributed by atoms with Gasteiger partial charge in [0.25, 0.3) is 5.91 Å². The molecule has 0 saturated carbocycles. The Labute approximate surface area is 160 Å². The fraction of sp³-hybridized carbons (Fsp3) is 0.190. The fourth-order valence-corrected chi connectivity index (χ4v) is 4.34. The third-order valence-corrected chi connectivity index (χ3v) is 5.76. The van der Waals surface area contributed by atoms with Crippen LogP contribution in [0.15, 0.2) is 54.2 Å². The van der Waals surface area contributed by atoms with Crippen molar-refractivity contribution in [2.24, 2.45) is 4.99 Å². The molecule has 0 aliphatic heterocycles. The Morgan fingerprint density at radius 2 is 2.04 bits per heavy atom. The zero-order valence-corrected chi connectivity index (χ0v) is 16.4. The molecule has 3 heterocycles. The standard InChI is InChI=1S/C21H20N4OS/c1-5-9-24-16-11-13(2)14(3)12-17(16)27-21(24)23-20(26)19-15(4)22-18-8-6-7-10-25(18)19/h5-8,10-12H,1,9H2,2-4H3. The van der Waals surface area contributed by atoms with Crippen LogP contribution in [-0.4, -0.2) is 19.9 Å². The third kappa shape index (κ3) is 2.92. The summed E-state index contributed by atoms with van der Waals surface area (Å²) in [4.78, 5) is 22.6. The van der Waals surface area contributed by atoms with E-state index in [1.165, 1.54) is 22.5 Å². The van der Waals surface area contributed by atoms with Gasteiger partial charge in [-0.25, -0.2) is 4.98 Å². The number of aryl methyl sites for hydroxylation is 3. The number of amides is 1. The van der Waals surface area contributed by atoms with E-state index in [9.17, 15) is 4.79 Å². The van der Waals surface area contributed by atoms with Crippen LogP contribution in [0.5, 0.6) is 0 Å². The van der Waals surface area contributed by atoms with E-state index in [0.29, 0.717) is 22.7 Å². The van der Waals surface area contributed by atoms with Crippen LogP contribution in [0.4, 0.5) is 0 Å². The number of nitrogens with zero attached hydrogens (tertiary/aromatic N) is 4. The smallest absolute Gasteiger partial charge is 0.298 e. The number of imidazole rings is 1. The second kappa shape index (κ2) is 6.63. The van der Waals surface area contributed by atoms with Crippen molar-refractivity contribution < 1.29 is 4.79 Å². The molecule has 27 heavy (non-hydrogen) atoms. The van der Waals surface area contributed by atoms with Crippen molar-refractivity contribution in [2.75, 3.05) is 0 Å². The number of aromatic nitrogens is 3. The highest BCUT2D eigenvalue weighted by Crippen LogP contribution is 2.22. The Hall–Kier alpha value is -2.99. The van der Waals surface area contributed by atoms with Crippen LogP contribution in [0.3, 0.4) is 0 Å². The topological polar surface area (TPSA) is 51.7 Å². The third-order valence-electron chi connectivity index (χ3n) is 4.71. The summed E-state index contributed by atoms with van der Waals surface area (Å²) in [6.07, 6.45) is 3.66. The number of hydrogen-bond acceptors (Lipinski definition) is 3. The molecule has 4 aromatic rings. The molecule has 0 bridgehead atoms. The van der Waals surface area contributed by atoms with Gasteiger partial charge < -0.3 is 4.57 Å². The highest BCUT2D eigenvalue weighted by atomic mass is 32.1. The first kappa shape index (κ1) is 17.4. The van der Waals surface area contributed by atoms with Gasteiger partial charge in [0.05, 0.1) is 15.9 Å². The van der Waals surface area contributed by atoms with Crippen LogP contribution < -0.4 is 4.80 Å². The summed E-state index contributed by atoms with van der Waals surface area (Å²) >= 11 is 1.52. The van der Waals surface area contributed by atoms with Gasteiger partial charge in [-0.15, -0.1) is 6.58 Å². The van der Waals surface area contributed by atoms with Gasteiger partial charge in [0.2, 0.25) is 0 Å². The Bertz CT molecular complexity index is 1270. The Kier molecular flexibility index (Phi) is 4.28. The zero-order chi connectivity index (χ0) is 19.1. The molecule has 4 rings (SSSR count). The van der Waals surface area contributed by atoms with Gasteiger partial charge in [0.15, 0.2) is 4.80 Å². The molecule has 6 heteroatoms. The van der Waals surface area contributed by atoms with Crippen molar-refractivity contribution in [3.8, 4) is 0 Å². The maximum absolute atomic E-state index is 13.0. The quantitative estimate of drug-likeness (QED) is 0.503. The number of hydrogen-bond donors (Lipinski definition) is 0. The highest BCUT2D eigenvalue weighted by molar-refractivity contribution is 7.16. The van der Waals surface area contributed by atoms with Crippen molar-refractivity contribution in [3.05, 3.63) is 76.5 Å². The molecular weight excluding hydrogens is 356 g/mol. The van der Waals surface area contributed by atoms with Gasteiger partial charge in [0.1, 0.15) is 11.3 Å². The first-order chi connectivity index (χ1) is 13.0. The minimum atomic E-state index is -0.288. The average Bonchev–Trinajstić information content (AvgIpc) is 3.13. The van der Waals surface area contributed by atoms with Gasteiger partial charge in [-0.3, -0.25) is 9.20 Å². The molecule has 3 aromatic heterocycles. The predicted molar refractivity (Wildman–Crippen MR) is 109 cm³/mol. The molecule has 0 spiro atoms. The molecule has 0 N–H and O–H groups in total. The average molecular weight is 376 g/mol. The summed E-state index contributed by atoms with van der Waals surface area (Å²) in [5, 5.41) is 0. The summed E-state index contributed by atoms with van der Waals surface area (Å²) in [5.41, 5.74) is 5.44. The van der Waals surface area contributed by atoms with Crippen LogP contribution in [0.1, 0.15) is 27.3 Å². The molecule has 0 aliphatic carbocycles. The first-order valence-electron chi connectivity index (χ1n) is 8.74. The number of carbonyl (C=O) groups excluding carboxylic acids is 1. The zero-order valence-electron chi connectivity index (χ0n) is 15.6. The molecular formula is C21H20N4OS. The van der Waals surface area contributed by atoms with Crippen LogP contribution in [0.25, 0.3) is 15.9 Å². The van der Waals surface area contributed by atoms with Crippen LogP contribution >= 0.6 is 11.3 Å². The summed E-state index contributed by atoms with van der Waals surface area (Å²) in [7, 11) is 0. The molecule has 0 unspecified atom stereocenters. The van der Waals surface area contributed by atoms with Crippen LogP contribution in [-0.2, 0) is 6.54 Å². The summed E-state index contributed by atoms with van der Waals surface area (Å²) in [6, 6.07) is 9.97. The first-order valence-corrected chi connectivity index (χ1v) is 9.55. The molecule has 0 aliphatic rings. The number of carbonyl (C=O) groups is 1. The van der Waals surface area contributed by atoms with Crippen LogP contribution in [0.2, 0.25) is 0 Å². The van der Waals surface area contributed by atoms with Gasteiger partial charge in [-0.1, -0.05) is 23.5 Å². The fourth-order valence-electron chi connectivity index (χ4n) is 3.22. The molecule has 0 atom stereocenters. The molecule has 0 fully saturated rings. The van der Waals surface area contributed by atoms with Gasteiger partial charge in [-0.05, 0) is 56.2 Å². The monoisotopic (exact) mass is 376 g/mol. The summed E-state index contributed by atoms with van der Waals surface area (Å²) < 4.78 is 4.94. The highest BCUT2D eigenvalue weighted by Gasteiger charge is 2.17. The van der Waals surface area contributed by atoms with E-state index in [4.69, 9.17) is 0 Å². The lowest BCUT2D eigenvalue weighted by Gasteiger charge is -2.04. The molecule has 0 saturated heterocycles. The van der Waals surface area contributed by atoms with E-state index < -0.39 is 0 Å². The van der Waals surface area contributed by atoms with E-state index >= 15 is 0 Å². The predicted octanol–water partition coefficient (Wildman–Crippen LogP) is 4.20. The normalized spacial score (nSPS) is 12.2. The van der Waals surface area contributed by atoms with Crippen LogP contribution in [0, 0.1) is 20.8 Å². The van der Waals surface area contributed by atoms with Crippen molar-refractivity contribution in [1.82, 2.24) is 14.0 Å². The number of benzene rings is 1. The maximum atomic E-state index is 13.0. The van der Waals surface area contributed by atoms with E-state index in [1.54, 1.807) is 4.40 Å². The lowest BCUT2D eigenvalue weighted by Crippen LogP contribution is -2.17. The van der Waals surface area contributed by atoms with Gasteiger partial charge in [-0.2, -0.15) is 4.99 Å². The molecule has 1 amide bonds. The molecule has 5 nitrogen and oxygen atoms in total. The van der Waals surface area contributed by atoms with E-state index in [1.807, 2.05) is 42.0 Å². The Balaban J connectivity index is 1.94. The second-order valence-corrected chi connectivity index (χ2v) is 7.59. The van der Waals surface area contributed by atoms with E-state index in [0.717, 1.165) is 15.9 Å². The Morgan fingerprint density at radius 3 is 2.81 bits per heavy atom. The van der Waals surface area contributed by atoms with Crippen molar-refractivity contribution in [1.29, 1.82) is 0 Å². The van der Waals surface area contributed by atoms with E-state index in [2.05, 4.69) is 42.5 Å². The molecule has 1 aromatic carbocycles. The minimum Gasteiger partial charge on any atom is -0.312 e. The van der Waals surface area contributed by atoms with Crippen molar-refractivity contribution >= 4 is 33.1 Å². The van der Waals surface area contributed by atoms with Gasteiger partial charge in [0, 0.05) is 12.7 Å². The lowest BCUT2D eigenvalue weighted by atomic mass is 10.1. The lowest BCUT2D eigenvalue weighted by molar-refractivity contribution is 0.0991. The summed E-state index contributed by atoms with van der Waals surface area (Å²) in [6.45, 7) is 10.5. The second-order valence-electron chi connectivity index (χ2n) is 6.58.